The zero-order chi connectivity index (χ0) is 17.5. The summed E-state index contributed by atoms with van der Waals surface area (Å²) in [6.45, 7) is 2.38. The normalized spacial score (nSPS) is 17.2. The van der Waals surface area contributed by atoms with Gasteiger partial charge in [-0.3, -0.25) is 9.78 Å². The molecule has 2 aromatic rings. The molecule has 1 saturated heterocycles. The number of halogens is 1. The van der Waals surface area contributed by atoms with Crippen LogP contribution in [0.5, 0.6) is 0 Å². The third kappa shape index (κ3) is 5.10. The molecule has 1 aromatic carbocycles. The molecule has 132 valence electrons. The van der Waals surface area contributed by atoms with Crippen LogP contribution in [-0.2, 0) is 17.8 Å². The number of pyridine rings is 1. The van der Waals surface area contributed by atoms with Crippen LogP contribution in [0, 0.1) is 5.82 Å². The van der Waals surface area contributed by atoms with Crippen molar-refractivity contribution in [3.63, 3.8) is 0 Å². The molecule has 25 heavy (non-hydrogen) atoms. The number of nitrogens with one attached hydrogen (secondary N) is 1. The number of aromatic nitrogens is 1. The fourth-order valence-corrected chi connectivity index (χ4v) is 3.31. The fourth-order valence-electron chi connectivity index (χ4n) is 3.31. The molecular weight excluding hydrogens is 317 g/mol. The minimum Gasteiger partial charge on any atom is -0.339 e. The van der Waals surface area contributed by atoms with E-state index in [-0.39, 0.29) is 11.7 Å². The summed E-state index contributed by atoms with van der Waals surface area (Å²) in [7, 11) is 0. The van der Waals surface area contributed by atoms with Crippen LogP contribution < -0.4 is 5.32 Å². The molecule has 1 aliphatic heterocycles. The lowest BCUT2D eigenvalue weighted by molar-refractivity contribution is -0.129. The Kier molecular flexibility index (Phi) is 6.12. The molecule has 1 fully saturated rings. The number of carbonyl (C=O) groups excluding carboxylic acids is 1. The van der Waals surface area contributed by atoms with Gasteiger partial charge in [0.25, 0.3) is 0 Å². The van der Waals surface area contributed by atoms with Crippen molar-refractivity contribution in [3.8, 4) is 0 Å². The number of likely N-dealkylation sites (tertiary alicyclic amines) is 1. The number of rotatable bonds is 8. The third-order valence-electron chi connectivity index (χ3n) is 4.71. The standard InChI is InChI=1S/C20H24FN3O/c21-18-5-3-16(4-6-18)10-13-24-19(7-8-20(24)25)9-12-23-15-17-2-1-11-22-14-17/h1-6,11,14,19,23H,7-10,12-13,15H2. The summed E-state index contributed by atoms with van der Waals surface area (Å²) in [6.07, 6.45) is 6.92. The first-order valence-corrected chi connectivity index (χ1v) is 8.86. The Morgan fingerprint density at radius 3 is 2.80 bits per heavy atom. The highest BCUT2D eigenvalue weighted by Gasteiger charge is 2.29. The molecule has 2 heterocycles. The largest absolute Gasteiger partial charge is 0.339 e. The molecule has 0 bridgehead atoms. The van der Waals surface area contributed by atoms with E-state index in [9.17, 15) is 9.18 Å². The second kappa shape index (κ2) is 8.72. The minimum atomic E-state index is -0.224. The van der Waals surface area contributed by atoms with E-state index in [2.05, 4.69) is 10.3 Å². The summed E-state index contributed by atoms with van der Waals surface area (Å²) >= 11 is 0. The second-order valence-corrected chi connectivity index (χ2v) is 6.48. The molecular formula is C20H24FN3O. The zero-order valence-corrected chi connectivity index (χ0v) is 14.3. The lowest BCUT2D eigenvalue weighted by atomic mass is 10.1. The molecule has 4 nitrogen and oxygen atoms in total. The average molecular weight is 341 g/mol. The summed E-state index contributed by atoms with van der Waals surface area (Å²) in [5.41, 5.74) is 2.23. The van der Waals surface area contributed by atoms with Gasteiger partial charge >= 0.3 is 0 Å². The third-order valence-corrected chi connectivity index (χ3v) is 4.71. The molecule has 1 amide bonds. The molecule has 1 N–H and O–H groups in total. The molecule has 1 aliphatic rings. The topological polar surface area (TPSA) is 45.2 Å². The molecule has 0 radical (unpaired) electrons. The monoisotopic (exact) mass is 341 g/mol. The van der Waals surface area contributed by atoms with E-state index in [1.807, 2.05) is 23.2 Å². The summed E-state index contributed by atoms with van der Waals surface area (Å²) in [5, 5.41) is 3.42. The van der Waals surface area contributed by atoms with Gasteiger partial charge in [-0.2, -0.15) is 0 Å². The quantitative estimate of drug-likeness (QED) is 0.751. The molecule has 1 aromatic heterocycles. The Labute approximate surface area is 148 Å². The van der Waals surface area contributed by atoms with Gasteiger partial charge in [-0.1, -0.05) is 18.2 Å². The van der Waals surface area contributed by atoms with Crippen molar-refractivity contribution >= 4 is 5.91 Å². The Morgan fingerprint density at radius 1 is 1.20 bits per heavy atom. The lowest BCUT2D eigenvalue weighted by Gasteiger charge is -2.25. The number of carbonyl (C=O) groups is 1. The number of hydrogen-bond acceptors (Lipinski definition) is 3. The molecule has 0 aliphatic carbocycles. The van der Waals surface area contributed by atoms with Gasteiger partial charge < -0.3 is 10.2 Å². The molecule has 0 saturated carbocycles. The van der Waals surface area contributed by atoms with Gasteiger partial charge in [-0.15, -0.1) is 0 Å². The highest BCUT2D eigenvalue weighted by atomic mass is 19.1. The molecule has 1 unspecified atom stereocenters. The van der Waals surface area contributed by atoms with Crippen LogP contribution in [0.4, 0.5) is 4.39 Å². The number of nitrogens with zero attached hydrogens (tertiary/aromatic N) is 2. The highest BCUT2D eigenvalue weighted by Crippen LogP contribution is 2.21. The van der Waals surface area contributed by atoms with E-state index in [1.54, 1.807) is 18.3 Å². The summed E-state index contributed by atoms with van der Waals surface area (Å²) in [6, 6.07) is 10.8. The van der Waals surface area contributed by atoms with Gasteiger partial charge in [-0.05, 0) is 55.1 Å². The van der Waals surface area contributed by atoms with Gasteiger partial charge in [0.05, 0.1) is 0 Å². The van der Waals surface area contributed by atoms with E-state index >= 15 is 0 Å². The first-order chi connectivity index (χ1) is 12.2. The zero-order valence-electron chi connectivity index (χ0n) is 14.3. The molecule has 0 spiro atoms. The SMILES string of the molecule is O=C1CCC(CCNCc2cccnc2)N1CCc1ccc(F)cc1. The average Bonchev–Trinajstić information content (AvgIpc) is 2.99. The van der Waals surface area contributed by atoms with Gasteiger partial charge in [0.1, 0.15) is 5.82 Å². The van der Waals surface area contributed by atoms with E-state index in [1.165, 1.54) is 12.1 Å². The number of hydrogen-bond donors (Lipinski definition) is 1. The van der Waals surface area contributed by atoms with Crippen LogP contribution in [0.2, 0.25) is 0 Å². The highest BCUT2D eigenvalue weighted by molar-refractivity contribution is 5.78. The van der Waals surface area contributed by atoms with Crippen LogP contribution in [0.25, 0.3) is 0 Å². The minimum absolute atomic E-state index is 0.224. The van der Waals surface area contributed by atoms with Crippen LogP contribution in [-0.4, -0.2) is 34.9 Å². The van der Waals surface area contributed by atoms with Crippen LogP contribution in [0.1, 0.15) is 30.4 Å². The molecule has 3 rings (SSSR count). The van der Waals surface area contributed by atoms with Crippen molar-refractivity contribution < 1.29 is 9.18 Å². The van der Waals surface area contributed by atoms with Gasteiger partial charge in [0, 0.05) is 37.9 Å². The smallest absolute Gasteiger partial charge is 0.222 e. The van der Waals surface area contributed by atoms with E-state index in [4.69, 9.17) is 0 Å². The van der Waals surface area contributed by atoms with E-state index in [0.29, 0.717) is 19.0 Å². The maximum atomic E-state index is 13.0. The first kappa shape index (κ1) is 17.5. The Hall–Kier alpha value is -2.27. The molecule has 5 heteroatoms. The maximum absolute atomic E-state index is 13.0. The Bertz CT molecular complexity index is 675. The van der Waals surface area contributed by atoms with Crippen LogP contribution in [0.15, 0.2) is 48.8 Å². The second-order valence-electron chi connectivity index (χ2n) is 6.48. The first-order valence-electron chi connectivity index (χ1n) is 8.86. The maximum Gasteiger partial charge on any atom is 0.222 e. The van der Waals surface area contributed by atoms with E-state index < -0.39 is 0 Å². The number of benzene rings is 1. The van der Waals surface area contributed by atoms with Crippen molar-refractivity contribution in [2.75, 3.05) is 13.1 Å². The van der Waals surface area contributed by atoms with Gasteiger partial charge in [-0.25, -0.2) is 4.39 Å². The summed E-state index contributed by atoms with van der Waals surface area (Å²) in [4.78, 5) is 18.3. The predicted octanol–water partition coefficient (Wildman–Crippen LogP) is 2.93. The molecule has 1 atom stereocenters. The van der Waals surface area contributed by atoms with Crippen molar-refractivity contribution in [3.05, 3.63) is 65.7 Å². The predicted molar refractivity (Wildman–Crippen MR) is 95.4 cm³/mol. The lowest BCUT2D eigenvalue weighted by Crippen LogP contribution is -2.36. The Balaban J connectivity index is 1.44. The summed E-state index contributed by atoms with van der Waals surface area (Å²) in [5.74, 6) is 0.0120. The van der Waals surface area contributed by atoms with Gasteiger partial charge in [0.15, 0.2) is 0 Å². The van der Waals surface area contributed by atoms with Crippen LogP contribution >= 0.6 is 0 Å². The van der Waals surface area contributed by atoms with E-state index in [0.717, 1.165) is 43.5 Å². The Morgan fingerprint density at radius 2 is 2.04 bits per heavy atom. The van der Waals surface area contributed by atoms with Crippen molar-refractivity contribution in [1.29, 1.82) is 0 Å². The van der Waals surface area contributed by atoms with Crippen molar-refractivity contribution in [2.24, 2.45) is 0 Å². The number of amides is 1. The van der Waals surface area contributed by atoms with Crippen LogP contribution in [0.3, 0.4) is 0 Å². The summed E-state index contributed by atoms with van der Waals surface area (Å²) < 4.78 is 13.0. The van der Waals surface area contributed by atoms with Gasteiger partial charge in [0.2, 0.25) is 5.91 Å². The fraction of sp³-hybridized carbons (Fsp3) is 0.400. The van der Waals surface area contributed by atoms with Crippen molar-refractivity contribution in [1.82, 2.24) is 15.2 Å². The van der Waals surface area contributed by atoms with Crippen molar-refractivity contribution in [2.45, 2.75) is 38.3 Å².